The third-order valence-corrected chi connectivity index (χ3v) is 8.27. The Kier molecular flexibility index (Phi) is 7.53. The molecule has 0 radical (unpaired) electrons. The molecule has 1 fully saturated rings. The molecule has 1 aliphatic rings. The molecule has 1 saturated carbocycles. The zero-order chi connectivity index (χ0) is 29.8. The second kappa shape index (κ2) is 10.7. The molecule has 3 N–H and O–H groups in total. The minimum Gasteiger partial charge on any atom is -0.365 e. The topological polar surface area (TPSA) is 121 Å². The summed E-state index contributed by atoms with van der Waals surface area (Å²) in [5, 5.41) is 10.3. The van der Waals surface area contributed by atoms with Crippen molar-refractivity contribution >= 4 is 50.7 Å². The molecule has 2 amide bonds. The Morgan fingerprint density at radius 1 is 1.24 bits per heavy atom. The summed E-state index contributed by atoms with van der Waals surface area (Å²) in [5.41, 5.74) is 5.45. The highest BCUT2D eigenvalue weighted by Crippen LogP contribution is 2.47. The van der Waals surface area contributed by atoms with E-state index in [0.29, 0.717) is 30.6 Å². The average Bonchev–Trinajstić information content (AvgIpc) is 3.43. The minimum atomic E-state index is -4.76. The van der Waals surface area contributed by atoms with Crippen molar-refractivity contribution in [3.8, 4) is 11.1 Å². The first-order valence-electron chi connectivity index (χ1n) is 12.5. The molecule has 0 atom stereocenters. The van der Waals surface area contributed by atoms with E-state index in [0.717, 1.165) is 16.0 Å². The van der Waals surface area contributed by atoms with Gasteiger partial charge < -0.3 is 11.1 Å². The number of carbonyl (C=O) groups excluding carboxylic acids is 2. The molecule has 16 heteroatoms. The van der Waals surface area contributed by atoms with E-state index in [2.05, 4.69) is 20.5 Å². The van der Waals surface area contributed by atoms with Crippen LogP contribution >= 0.6 is 22.9 Å². The third kappa shape index (κ3) is 5.39. The van der Waals surface area contributed by atoms with Crippen molar-refractivity contribution in [2.45, 2.75) is 64.7 Å². The van der Waals surface area contributed by atoms with Crippen LogP contribution in [-0.2, 0) is 24.1 Å². The zero-order valence-electron chi connectivity index (χ0n) is 21.7. The van der Waals surface area contributed by atoms with Crippen molar-refractivity contribution in [3.05, 3.63) is 44.9 Å². The van der Waals surface area contributed by atoms with Gasteiger partial charge in [-0.1, -0.05) is 11.6 Å². The van der Waals surface area contributed by atoms with Crippen LogP contribution in [0.3, 0.4) is 0 Å². The number of pyridine rings is 1. The van der Waals surface area contributed by atoms with Crippen LogP contribution in [0.25, 0.3) is 21.3 Å². The average molecular weight is 616 g/mol. The summed E-state index contributed by atoms with van der Waals surface area (Å²) >= 11 is 6.76. The lowest BCUT2D eigenvalue weighted by atomic mass is 10.0. The number of hydrogen-bond donors (Lipinski definition) is 2. The molecule has 4 heterocycles. The molecule has 0 saturated heterocycles. The third-order valence-electron chi connectivity index (χ3n) is 6.80. The lowest BCUT2D eigenvalue weighted by Crippen LogP contribution is -2.19. The van der Waals surface area contributed by atoms with Gasteiger partial charge in [0, 0.05) is 35.5 Å². The molecule has 0 unspecified atom stereocenters. The number of anilines is 1. The number of nitrogens with two attached hydrogens (primary N) is 1. The van der Waals surface area contributed by atoms with Gasteiger partial charge in [0.25, 0.3) is 12.3 Å². The zero-order valence-corrected chi connectivity index (χ0v) is 23.2. The number of amides is 2. The first-order chi connectivity index (χ1) is 19.3. The predicted molar refractivity (Wildman–Crippen MR) is 142 cm³/mol. The molecule has 218 valence electrons. The van der Waals surface area contributed by atoms with Crippen molar-refractivity contribution in [2.24, 2.45) is 5.73 Å². The summed E-state index contributed by atoms with van der Waals surface area (Å²) in [7, 11) is 0. The Hall–Kier alpha value is -3.59. The molecule has 4 aromatic heterocycles. The number of nitrogens with one attached hydrogen (secondary N) is 1. The number of nitrogens with zero attached hydrogens (tertiary/aromatic N) is 5. The Balaban J connectivity index is 1.53. The van der Waals surface area contributed by atoms with Gasteiger partial charge in [-0.3, -0.25) is 19.0 Å². The second-order valence-electron chi connectivity index (χ2n) is 9.55. The van der Waals surface area contributed by atoms with Crippen molar-refractivity contribution in [1.82, 2.24) is 24.5 Å². The molecule has 41 heavy (non-hydrogen) atoms. The number of rotatable bonds is 9. The summed E-state index contributed by atoms with van der Waals surface area (Å²) in [4.78, 5) is 29.4. The standard InChI is InChI=1S/C25H23ClF5N7O2S/c1-3-37-10(2)13(9-33-37)12-8-14(22(27)28)34-24-16(12)18(20(41-24)23(32)40)35-15(39)6-7-38-19(11-4-5-11)17(26)21(36-38)25(29,30)31/h8-9,11,22H,3-7H2,1-2H3,(H2,32,40)(H,35,39). The van der Waals surface area contributed by atoms with E-state index < -0.39 is 40.8 Å². The number of halogens is 6. The van der Waals surface area contributed by atoms with Crippen LogP contribution in [-0.4, -0.2) is 36.4 Å². The van der Waals surface area contributed by atoms with E-state index >= 15 is 0 Å². The molecule has 1 aliphatic carbocycles. The van der Waals surface area contributed by atoms with E-state index in [1.54, 1.807) is 11.6 Å². The van der Waals surface area contributed by atoms with Gasteiger partial charge in [0.05, 0.1) is 29.1 Å². The first-order valence-corrected chi connectivity index (χ1v) is 13.7. The number of carbonyl (C=O) groups is 2. The SMILES string of the molecule is CCn1ncc(-c2cc(C(F)F)nc3sc(C(N)=O)c(NC(=O)CCn4nc(C(F)(F)F)c(Cl)c4C4CC4)c23)c1C. The van der Waals surface area contributed by atoms with Gasteiger partial charge in [-0.05, 0) is 38.3 Å². The fraction of sp³-hybridized carbons (Fsp3) is 0.400. The van der Waals surface area contributed by atoms with Crippen LogP contribution in [0.4, 0.5) is 27.6 Å². The van der Waals surface area contributed by atoms with Gasteiger partial charge in [-0.15, -0.1) is 11.3 Å². The molecule has 9 nitrogen and oxygen atoms in total. The second-order valence-corrected chi connectivity index (χ2v) is 10.9. The maximum atomic E-state index is 13.8. The van der Waals surface area contributed by atoms with E-state index in [1.807, 2.05) is 6.92 Å². The summed E-state index contributed by atoms with van der Waals surface area (Å²) < 4.78 is 70.5. The van der Waals surface area contributed by atoms with Gasteiger partial charge in [-0.2, -0.15) is 23.4 Å². The lowest BCUT2D eigenvalue weighted by molar-refractivity contribution is -0.141. The number of alkyl halides is 5. The van der Waals surface area contributed by atoms with Crippen molar-refractivity contribution in [3.63, 3.8) is 0 Å². The lowest BCUT2D eigenvalue weighted by Gasteiger charge is -2.12. The van der Waals surface area contributed by atoms with Gasteiger partial charge in [0.2, 0.25) is 5.91 Å². The fourth-order valence-corrected chi connectivity index (χ4v) is 6.14. The van der Waals surface area contributed by atoms with E-state index in [4.69, 9.17) is 17.3 Å². The summed E-state index contributed by atoms with van der Waals surface area (Å²) in [6.07, 6.45) is -5.20. The van der Waals surface area contributed by atoms with Crippen LogP contribution in [0.2, 0.25) is 5.02 Å². The molecular weight excluding hydrogens is 593 g/mol. The molecule has 0 aliphatic heterocycles. The highest BCUT2D eigenvalue weighted by molar-refractivity contribution is 7.21. The number of fused-ring (bicyclic) bond motifs is 1. The van der Waals surface area contributed by atoms with Crippen LogP contribution in [0.15, 0.2) is 12.3 Å². The highest BCUT2D eigenvalue weighted by Gasteiger charge is 2.42. The quantitative estimate of drug-likeness (QED) is 0.214. The molecule has 0 bridgehead atoms. The Morgan fingerprint density at radius 3 is 2.51 bits per heavy atom. The van der Waals surface area contributed by atoms with Crippen LogP contribution in [0.5, 0.6) is 0 Å². The Labute approximate surface area is 238 Å². The molecule has 0 aromatic carbocycles. The van der Waals surface area contributed by atoms with E-state index in [-0.39, 0.29) is 50.9 Å². The van der Waals surface area contributed by atoms with Gasteiger partial charge >= 0.3 is 6.18 Å². The molecule has 0 spiro atoms. The fourth-order valence-electron chi connectivity index (χ4n) is 4.72. The molecule has 5 rings (SSSR count). The van der Waals surface area contributed by atoms with Crippen LogP contribution in [0, 0.1) is 6.92 Å². The number of hydrogen-bond acceptors (Lipinski definition) is 6. The Bertz CT molecular complexity index is 1670. The molecular formula is C25H23ClF5N7O2S. The van der Waals surface area contributed by atoms with Gasteiger partial charge in [0.1, 0.15) is 15.4 Å². The highest BCUT2D eigenvalue weighted by atomic mass is 35.5. The molecule has 4 aromatic rings. The van der Waals surface area contributed by atoms with Crippen molar-refractivity contribution in [1.29, 1.82) is 0 Å². The van der Waals surface area contributed by atoms with E-state index in [1.165, 1.54) is 12.3 Å². The van der Waals surface area contributed by atoms with E-state index in [9.17, 15) is 31.5 Å². The van der Waals surface area contributed by atoms with Crippen LogP contribution < -0.4 is 11.1 Å². The maximum Gasteiger partial charge on any atom is 0.436 e. The van der Waals surface area contributed by atoms with Crippen molar-refractivity contribution in [2.75, 3.05) is 5.32 Å². The maximum absolute atomic E-state index is 13.8. The number of primary amides is 1. The van der Waals surface area contributed by atoms with Gasteiger partial charge in [0.15, 0.2) is 5.69 Å². The largest absolute Gasteiger partial charge is 0.436 e. The number of thiophene rings is 1. The number of aromatic nitrogens is 5. The van der Waals surface area contributed by atoms with Crippen molar-refractivity contribution < 1.29 is 31.5 Å². The summed E-state index contributed by atoms with van der Waals surface area (Å²) in [5.74, 6) is -1.76. The normalized spacial score (nSPS) is 13.9. The number of aryl methyl sites for hydroxylation is 2. The summed E-state index contributed by atoms with van der Waals surface area (Å²) in [6, 6.07) is 1.18. The summed E-state index contributed by atoms with van der Waals surface area (Å²) in [6.45, 7) is 3.90. The van der Waals surface area contributed by atoms with Crippen LogP contribution in [0.1, 0.15) is 71.0 Å². The smallest absolute Gasteiger partial charge is 0.365 e. The monoisotopic (exact) mass is 615 g/mol. The first kappa shape index (κ1) is 28.9. The van der Waals surface area contributed by atoms with Gasteiger partial charge in [-0.25, -0.2) is 13.8 Å². The minimum absolute atomic E-state index is 0.0219. The Morgan fingerprint density at radius 2 is 1.95 bits per heavy atom. The predicted octanol–water partition coefficient (Wildman–Crippen LogP) is 6.30.